The number of hydrogen-bond donors (Lipinski definition) is 1. The normalized spacial score (nSPS) is 10.5. The van der Waals surface area contributed by atoms with Gasteiger partial charge in [-0.1, -0.05) is 60.0 Å². The van der Waals surface area contributed by atoms with Crippen molar-refractivity contribution in [1.82, 2.24) is 10.2 Å². The first kappa shape index (κ1) is 14.5. The first-order valence-electron chi connectivity index (χ1n) is 6.17. The van der Waals surface area contributed by atoms with Crippen LogP contribution in [0.2, 0.25) is 0 Å². The summed E-state index contributed by atoms with van der Waals surface area (Å²) in [4.78, 5) is 0. The van der Waals surface area contributed by atoms with E-state index in [0.717, 1.165) is 20.5 Å². The van der Waals surface area contributed by atoms with Crippen molar-refractivity contribution in [2.75, 3.05) is 5.75 Å². The molecule has 0 unspecified atom stereocenters. The number of hydrogen-bond acceptors (Lipinski definition) is 4. The smallest absolute Gasteiger partial charge is 0.177 e. The molecule has 100 valence electrons. The Labute approximate surface area is 127 Å². The van der Waals surface area contributed by atoms with Crippen molar-refractivity contribution < 1.29 is 0 Å². The number of unbranched alkanes of at least 4 members (excludes halogenated alkanes) is 1. The summed E-state index contributed by atoms with van der Waals surface area (Å²) < 4.78 is 1.80. The van der Waals surface area contributed by atoms with Crippen LogP contribution in [0.5, 0.6) is 0 Å². The van der Waals surface area contributed by atoms with Crippen LogP contribution in [0.25, 0.3) is 6.08 Å². The Morgan fingerprint density at radius 2 is 2.11 bits per heavy atom. The zero-order chi connectivity index (χ0) is 13.5. The van der Waals surface area contributed by atoms with Gasteiger partial charge in [-0.05, 0) is 42.6 Å². The van der Waals surface area contributed by atoms with Gasteiger partial charge in [-0.25, -0.2) is 0 Å². The number of thioether (sulfide) groups is 1. The van der Waals surface area contributed by atoms with Crippen molar-refractivity contribution >= 4 is 41.4 Å². The molecule has 0 spiro atoms. The van der Waals surface area contributed by atoms with Crippen LogP contribution in [-0.2, 0) is 6.42 Å². The second kappa shape index (κ2) is 7.62. The van der Waals surface area contributed by atoms with E-state index in [1.54, 1.807) is 23.1 Å². The Kier molecular flexibility index (Phi) is 5.82. The number of H-pyrrole nitrogens is 1. The van der Waals surface area contributed by atoms with Crippen LogP contribution >= 0.6 is 35.3 Å². The molecule has 0 amide bonds. The van der Waals surface area contributed by atoms with Crippen LogP contribution in [0, 0.1) is 3.95 Å². The van der Waals surface area contributed by atoms with Gasteiger partial charge in [-0.15, -0.1) is 0 Å². The number of aromatic nitrogens is 2. The van der Waals surface area contributed by atoms with Gasteiger partial charge < -0.3 is 0 Å². The lowest BCUT2D eigenvalue weighted by molar-refractivity contribution is 0.802. The molecule has 0 aliphatic rings. The van der Waals surface area contributed by atoms with Crippen LogP contribution < -0.4 is 0 Å². The third-order valence-corrected chi connectivity index (χ3v) is 5.04. The highest BCUT2D eigenvalue weighted by Gasteiger charge is 1.99. The van der Waals surface area contributed by atoms with Crippen LogP contribution in [0.15, 0.2) is 35.2 Å². The zero-order valence-electron chi connectivity index (χ0n) is 10.6. The van der Waals surface area contributed by atoms with Gasteiger partial charge in [0.25, 0.3) is 0 Å². The van der Waals surface area contributed by atoms with Gasteiger partial charge in [-0.3, -0.25) is 5.10 Å². The monoisotopic (exact) mass is 308 g/mol. The first-order valence-corrected chi connectivity index (χ1v) is 8.38. The van der Waals surface area contributed by atoms with Crippen LogP contribution in [-0.4, -0.2) is 16.0 Å². The van der Waals surface area contributed by atoms with E-state index in [0.29, 0.717) is 0 Å². The Balaban J connectivity index is 1.66. The first-order chi connectivity index (χ1) is 9.28. The summed E-state index contributed by atoms with van der Waals surface area (Å²) in [6.45, 7) is 3.76. The van der Waals surface area contributed by atoms with Gasteiger partial charge in [0.1, 0.15) is 0 Å². The second-order valence-electron chi connectivity index (χ2n) is 4.13. The molecule has 0 atom stereocenters. The van der Waals surface area contributed by atoms with Gasteiger partial charge in [0.2, 0.25) is 0 Å². The molecule has 0 saturated heterocycles. The molecular weight excluding hydrogens is 292 g/mol. The molecule has 1 aromatic carbocycles. The fourth-order valence-electron chi connectivity index (χ4n) is 1.69. The van der Waals surface area contributed by atoms with Crippen molar-refractivity contribution in [2.45, 2.75) is 23.6 Å². The standard InChI is InChI=1S/C14H16N2S3/c1-2-11-6-8-12(9-7-11)5-3-4-10-18-14-16-15-13(17)19-14/h2,6-9H,1,3-5,10H2,(H,15,17). The molecule has 2 nitrogen and oxygen atoms in total. The van der Waals surface area contributed by atoms with Crippen LogP contribution in [0.4, 0.5) is 0 Å². The second-order valence-corrected chi connectivity index (χ2v) is 7.14. The maximum absolute atomic E-state index is 5.00. The molecule has 0 fully saturated rings. The lowest BCUT2D eigenvalue weighted by Gasteiger charge is -2.02. The van der Waals surface area contributed by atoms with Crippen molar-refractivity contribution in [3.63, 3.8) is 0 Å². The summed E-state index contributed by atoms with van der Waals surface area (Å²) in [6, 6.07) is 8.61. The summed E-state index contributed by atoms with van der Waals surface area (Å²) in [7, 11) is 0. The minimum Gasteiger partial charge on any atom is -0.257 e. The van der Waals surface area contributed by atoms with Gasteiger partial charge in [0.05, 0.1) is 0 Å². The summed E-state index contributed by atoms with van der Waals surface area (Å²) in [5.74, 6) is 1.10. The van der Waals surface area contributed by atoms with Crippen molar-refractivity contribution in [1.29, 1.82) is 0 Å². The molecule has 5 heteroatoms. The van der Waals surface area contributed by atoms with E-state index in [1.807, 2.05) is 6.08 Å². The molecule has 2 rings (SSSR count). The lowest BCUT2D eigenvalue weighted by atomic mass is 10.1. The number of benzene rings is 1. The Bertz CT molecular complexity index is 569. The highest BCUT2D eigenvalue weighted by atomic mass is 32.2. The molecule has 0 radical (unpaired) electrons. The molecule has 1 N–H and O–H groups in total. The molecule has 0 bridgehead atoms. The Morgan fingerprint density at radius 1 is 1.32 bits per heavy atom. The maximum Gasteiger partial charge on any atom is 0.177 e. The molecule has 1 heterocycles. The largest absolute Gasteiger partial charge is 0.257 e. The van der Waals surface area contributed by atoms with E-state index in [2.05, 4.69) is 41.0 Å². The molecular formula is C14H16N2S3. The molecule has 0 aliphatic carbocycles. The number of rotatable bonds is 7. The number of aromatic amines is 1. The van der Waals surface area contributed by atoms with E-state index >= 15 is 0 Å². The zero-order valence-corrected chi connectivity index (χ0v) is 13.0. The van der Waals surface area contributed by atoms with E-state index in [9.17, 15) is 0 Å². The Morgan fingerprint density at radius 3 is 2.74 bits per heavy atom. The predicted octanol–water partition coefficient (Wildman–Crippen LogP) is 4.96. The minimum atomic E-state index is 0.754. The fraction of sp³-hybridized carbons (Fsp3) is 0.286. The molecule has 19 heavy (non-hydrogen) atoms. The van der Waals surface area contributed by atoms with Crippen LogP contribution in [0.1, 0.15) is 24.0 Å². The molecule has 0 saturated carbocycles. The van der Waals surface area contributed by atoms with E-state index in [1.165, 1.54) is 24.0 Å². The van der Waals surface area contributed by atoms with Gasteiger partial charge >= 0.3 is 0 Å². The quantitative estimate of drug-likeness (QED) is 0.445. The number of nitrogens with one attached hydrogen (secondary N) is 1. The summed E-state index contributed by atoms with van der Waals surface area (Å²) >= 11 is 8.33. The van der Waals surface area contributed by atoms with Crippen molar-refractivity contribution in [3.8, 4) is 0 Å². The Hall–Kier alpha value is -0.910. The van der Waals surface area contributed by atoms with Gasteiger partial charge in [0.15, 0.2) is 8.29 Å². The summed E-state index contributed by atoms with van der Waals surface area (Å²) in [6.07, 6.45) is 5.41. The molecule has 0 aliphatic heterocycles. The van der Waals surface area contributed by atoms with E-state index in [-0.39, 0.29) is 0 Å². The summed E-state index contributed by atoms with van der Waals surface area (Å²) in [5, 5.41) is 6.93. The van der Waals surface area contributed by atoms with Gasteiger partial charge in [-0.2, -0.15) is 5.10 Å². The van der Waals surface area contributed by atoms with E-state index in [4.69, 9.17) is 12.2 Å². The third-order valence-electron chi connectivity index (χ3n) is 2.72. The van der Waals surface area contributed by atoms with Crippen molar-refractivity contribution in [3.05, 3.63) is 45.9 Å². The molecule has 1 aromatic heterocycles. The third kappa shape index (κ3) is 4.93. The topological polar surface area (TPSA) is 28.7 Å². The average Bonchev–Trinajstić information content (AvgIpc) is 2.85. The van der Waals surface area contributed by atoms with E-state index < -0.39 is 0 Å². The number of nitrogens with zero attached hydrogens (tertiary/aromatic N) is 1. The minimum absolute atomic E-state index is 0.754. The van der Waals surface area contributed by atoms with Crippen molar-refractivity contribution in [2.24, 2.45) is 0 Å². The highest BCUT2D eigenvalue weighted by molar-refractivity contribution is 8.01. The number of aryl methyl sites for hydroxylation is 1. The average molecular weight is 308 g/mol. The SMILES string of the molecule is C=Cc1ccc(CCCCSc2n[nH]c(=S)s2)cc1. The van der Waals surface area contributed by atoms with Crippen LogP contribution in [0.3, 0.4) is 0 Å². The lowest BCUT2D eigenvalue weighted by Crippen LogP contribution is -1.87. The predicted molar refractivity (Wildman–Crippen MR) is 87.5 cm³/mol. The summed E-state index contributed by atoms with van der Waals surface area (Å²) in [5.41, 5.74) is 2.57. The fourth-order valence-corrected chi connectivity index (χ4v) is 3.84. The molecule has 2 aromatic rings. The van der Waals surface area contributed by atoms with Gasteiger partial charge in [0, 0.05) is 5.75 Å². The maximum atomic E-state index is 5.00. The highest BCUT2D eigenvalue weighted by Crippen LogP contribution is 2.21.